The summed E-state index contributed by atoms with van der Waals surface area (Å²) in [6.07, 6.45) is 2.31. The van der Waals surface area contributed by atoms with Crippen LogP contribution in [0.25, 0.3) is 11.4 Å². The standard InChI is InChI=1S/C17H21FN4/c1-11-12(2)20-17(13-5-7-14(18)8-6-13)22-16(11)21-15-4-3-9-19-10-15/h5-8,15,19H,3-4,9-10H2,1-2H3,(H,20,21,22). The molecule has 0 aliphatic carbocycles. The van der Waals surface area contributed by atoms with Gasteiger partial charge in [0.25, 0.3) is 0 Å². The van der Waals surface area contributed by atoms with Gasteiger partial charge in [0.15, 0.2) is 5.82 Å². The van der Waals surface area contributed by atoms with Crippen molar-refractivity contribution in [3.63, 3.8) is 0 Å². The molecule has 0 spiro atoms. The maximum Gasteiger partial charge on any atom is 0.161 e. The lowest BCUT2D eigenvalue weighted by molar-refractivity contribution is 0.478. The van der Waals surface area contributed by atoms with Crippen molar-refractivity contribution in [1.29, 1.82) is 0 Å². The van der Waals surface area contributed by atoms with E-state index in [9.17, 15) is 4.39 Å². The summed E-state index contributed by atoms with van der Waals surface area (Å²) in [5, 5.41) is 6.92. The summed E-state index contributed by atoms with van der Waals surface area (Å²) in [7, 11) is 0. The lowest BCUT2D eigenvalue weighted by Gasteiger charge is -2.25. The molecule has 1 atom stereocenters. The van der Waals surface area contributed by atoms with Crippen LogP contribution in [0.2, 0.25) is 0 Å². The fourth-order valence-electron chi connectivity index (χ4n) is 2.67. The molecule has 1 fully saturated rings. The summed E-state index contributed by atoms with van der Waals surface area (Å²) < 4.78 is 13.1. The number of halogens is 1. The molecular formula is C17H21FN4. The number of anilines is 1. The Bertz CT molecular complexity index is 648. The molecule has 1 aromatic carbocycles. The highest BCUT2D eigenvalue weighted by atomic mass is 19.1. The Morgan fingerprint density at radius 2 is 1.95 bits per heavy atom. The zero-order valence-corrected chi connectivity index (χ0v) is 13.0. The van der Waals surface area contributed by atoms with E-state index in [0.717, 1.165) is 42.1 Å². The molecule has 0 saturated carbocycles. The monoisotopic (exact) mass is 300 g/mol. The Morgan fingerprint density at radius 1 is 1.18 bits per heavy atom. The first-order valence-electron chi connectivity index (χ1n) is 7.72. The molecule has 22 heavy (non-hydrogen) atoms. The minimum absolute atomic E-state index is 0.251. The average Bonchev–Trinajstić information content (AvgIpc) is 2.53. The molecule has 1 saturated heterocycles. The largest absolute Gasteiger partial charge is 0.366 e. The topological polar surface area (TPSA) is 49.8 Å². The third kappa shape index (κ3) is 3.25. The smallest absolute Gasteiger partial charge is 0.161 e. The first kappa shape index (κ1) is 14.9. The van der Waals surface area contributed by atoms with Gasteiger partial charge in [0.2, 0.25) is 0 Å². The summed E-state index contributed by atoms with van der Waals surface area (Å²) in [4.78, 5) is 9.19. The van der Waals surface area contributed by atoms with Gasteiger partial charge >= 0.3 is 0 Å². The van der Waals surface area contributed by atoms with E-state index in [-0.39, 0.29) is 5.82 Å². The Balaban J connectivity index is 1.90. The quantitative estimate of drug-likeness (QED) is 0.914. The van der Waals surface area contributed by atoms with Crippen molar-refractivity contribution >= 4 is 5.82 Å². The van der Waals surface area contributed by atoms with Gasteiger partial charge in [0.1, 0.15) is 11.6 Å². The SMILES string of the molecule is Cc1nc(-c2ccc(F)cc2)nc(NC2CCCNC2)c1C. The molecule has 1 aromatic heterocycles. The van der Waals surface area contributed by atoms with Crippen LogP contribution in [-0.4, -0.2) is 29.1 Å². The number of hydrogen-bond acceptors (Lipinski definition) is 4. The summed E-state index contributed by atoms with van der Waals surface area (Å²) in [5.74, 6) is 1.26. The van der Waals surface area contributed by atoms with E-state index in [2.05, 4.69) is 20.6 Å². The van der Waals surface area contributed by atoms with Gasteiger partial charge < -0.3 is 10.6 Å². The van der Waals surface area contributed by atoms with E-state index >= 15 is 0 Å². The summed E-state index contributed by atoms with van der Waals surface area (Å²) in [6.45, 7) is 6.05. The number of nitrogens with one attached hydrogen (secondary N) is 2. The van der Waals surface area contributed by atoms with Crippen molar-refractivity contribution in [3.05, 3.63) is 41.3 Å². The Labute approximate surface area is 130 Å². The predicted molar refractivity (Wildman–Crippen MR) is 86.4 cm³/mol. The van der Waals surface area contributed by atoms with Crippen LogP contribution in [0.3, 0.4) is 0 Å². The number of aryl methyl sites for hydroxylation is 1. The van der Waals surface area contributed by atoms with Crippen molar-refractivity contribution in [1.82, 2.24) is 15.3 Å². The highest BCUT2D eigenvalue weighted by molar-refractivity contribution is 5.59. The molecule has 2 N–H and O–H groups in total. The highest BCUT2D eigenvalue weighted by Gasteiger charge is 2.16. The van der Waals surface area contributed by atoms with Crippen molar-refractivity contribution in [3.8, 4) is 11.4 Å². The number of hydrogen-bond donors (Lipinski definition) is 2. The lowest BCUT2D eigenvalue weighted by atomic mass is 10.1. The normalized spacial score (nSPS) is 18.2. The van der Waals surface area contributed by atoms with E-state index in [4.69, 9.17) is 0 Å². The van der Waals surface area contributed by atoms with Crippen LogP contribution in [0.15, 0.2) is 24.3 Å². The third-order valence-corrected chi connectivity index (χ3v) is 4.13. The first-order valence-corrected chi connectivity index (χ1v) is 7.72. The third-order valence-electron chi connectivity index (χ3n) is 4.13. The van der Waals surface area contributed by atoms with E-state index in [1.54, 1.807) is 12.1 Å². The molecule has 1 aliphatic heterocycles. The molecule has 4 nitrogen and oxygen atoms in total. The summed E-state index contributed by atoms with van der Waals surface area (Å²) in [6, 6.07) is 6.69. The van der Waals surface area contributed by atoms with Crippen LogP contribution >= 0.6 is 0 Å². The van der Waals surface area contributed by atoms with E-state index in [1.165, 1.54) is 18.6 Å². The molecule has 0 bridgehead atoms. The van der Waals surface area contributed by atoms with Crippen molar-refractivity contribution in [2.75, 3.05) is 18.4 Å². The molecule has 1 aliphatic rings. The van der Waals surface area contributed by atoms with Gasteiger partial charge in [-0.25, -0.2) is 14.4 Å². The van der Waals surface area contributed by atoms with Crippen LogP contribution in [0.5, 0.6) is 0 Å². The molecule has 5 heteroatoms. The molecular weight excluding hydrogens is 279 g/mol. The van der Waals surface area contributed by atoms with Gasteiger partial charge in [0.05, 0.1) is 0 Å². The number of rotatable bonds is 3. The Kier molecular flexibility index (Phi) is 4.34. The van der Waals surface area contributed by atoms with Crippen molar-refractivity contribution in [2.45, 2.75) is 32.7 Å². The molecule has 2 heterocycles. The average molecular weight is 300 g/mol. The summed E-state index contributed by atoms with van der Waals surface area (Å²) in [5.41, 5.74) is 2.84. The lowest BCUT2D eigenvalue weighted by Crippen LogP contribution is -2.38. The van der Waals surface area contributed by atoms with Crippen LogP contribution in [0.4, 0.5) is 10.2 Å². The van der Waals surface area contributed by atoms with Gasteiger partial charge in [0, 0.05) is 29.4 Å². The predicted octanol–water partition coefficient (Wildman–Crippen LogP) is 3.06. The number of aromatic nitrogens is 2. The van der Waals surface area contributed by atoms with E-state index in [0.29, 0.717) is 11.9 Å². The van der Waals surface area contributed by atoms with Gasteiger partial charge in [-0.3, -0.25) is 0 Å². The van der Waals surface area contributed by atoms with Crippen molar-refractivity contribution < 1.29 is 4.39 Å². The van der Waals surface area contributed by atoms with Gasteiger partial charge in [-0.1, -0.05) is 0 Å². The van der Waals surface area contributed by atoms with Crippen LogP contribution < -0.4 is 10.6 Å². The van der Waals surface area contributed by atoms with E-state index < -0.39 is 0 Å². The maximum absolute atomic E-state index is 13.1. The fourth-order valence-corrected chi connectivity index (χ4v) is 2.67. The minimum atomic E-state index is -0.251. The Morgan fingerprint density at radius 3 is 2.64 bits per heavy atom. The first-order chi connectivity index (χ1) is 10.6. The van der Waals surface area contributed by atoms with Crippen molar-refractivity contribution in [2.24, 2.45) is 0 Å². The molecule has 0 amide bonds. The minimum Gasteiger partial charge on any atom is -0.366 e. The van der Waals surface area contributed by atoms with Crippen LogP contribution in [0, 0.1) is 19.7 Å². The molecule has 1 unspecified atom stereocenters. The number of nitrogens with zero attached hydrogens (tertiary/aromatic N) is 2. The number of piperidine rings is 1. The molecule has 2 aromatic rings. The van der Waals surface area contributed by atoms with Gasteiger partial charge in [-0.2, -0.15) is 0 Å². The van der Waals surface area contributed by atoms with Gasteiger partial charge in [-0.15, -0.1) is 0 Å². The van der Waals surface area contributed by atoms with Crippen LogP contribution in [-0.2, 0) is 0 Å². The second kappa shape index (κ2) is 6.40. The fraction of sp³-hybridized carbons (Fsp3) is 0.412. The molecule has 0 radical (unpaired) electrons. The zero-order valence-electron chi connectivity index (χ0n) is 13.0. The second-order valence-corrected chi connectivity index (χ2v) is 5.80. The Hall–Kier alpha value is -2.01. The molecule has 3 rings (SSSR count). The van der Waals surface area contributed by atoms with E-state index in [1.807, 2.05) is 13.8 Å². The molecule has 116 valence electrons. The summed E-state index contributed by atoms with van der Waals surface area (Å²) >= 11 is 0. The second-order valence-electron chi connectivity index (χ2n) is 5.80. The van der Waals surface area contributed by atoms with Gasteiger partial charge in [-0.05, 0) is 57.5 Å². The highest BCUT2D eigenvalue weighted by Crippen LogP contribution is 2.23. The number of benzene rings is 1. The zero-order chi connectivity index (χ0) is 15.5. The van der Waals surface area contributed by atoms with Crippen LogP contribution in [0.1, 0.15) is 24.1 Å². The maximum atomic E-state index is 13.1.